The molecule has 2 nitrogen and oxygen atoms in total. The molecule has 0 heterocycles. The molecule has 0 aliphatic carbocycles. The number of aliphatic hydroxyl groups is 1. The Morgan fingerprint density at radius 3 is 2.59 bits per heavy atom. The zero-order chi connectivity index (χ0) is 12.8. The normalized spacial score (nSPS) is 14.4. The number of halogens is 1. The first-order valence-electron chi connectivity index (χ1n) is 6.14. The number of benzene rings is 1. The van der Waals surface area contributed by atoms with Crippen LogP contribution in [0.5, 0.6) is 5.75 Å². The van der Waals surface area contributed by atoms with Gasteiger partial charge in [0.1, 0.15) is 5.75 Å². The van der Waals surface area contributed by atoms with Crippen molar-refractivity contribution in [2.75, 3.05) is 6.61 Å². The van der Waals surface area contributed by atoms with Gasteiger partial charge in [-0.25, -0.2) is 0 Å². The molecule has 0 amide bonds. The van der Waals surface area contributed by atoms with E-state index in [2.05, 4.69) is 13.8 Å². The largest absolute Gasteiger partial charge is 0.492 e. The van der Waals surface area contributed by atoms with E-state index in [1.54, 1.807) is 13.0 Å². The molecule has 1 aromatic rings. The average molecular weight is 257 g/mol. The number of hydrogen-bond acceptors (Lipinski definition) is 2. The summed E-state index contributed by atoms with van der Waals surface area (Å²) in [4.78, 5) is 0. The van der Waals surface area contributed by atoms with Gasteiger partial charge >= 0.3 is 0 Å². The zero-order valence-corrected chi connectivity index (χ0v) is 11.5. The summed E-state index contributed by atoms with van der Waals surface area (Å²) >= 11 is 6.10. The third kappa shape index (κ3) is 4.57. The maximum Gasteiger partial charge on any atom is 0.137 e. The van der Waals surface area contributed by atoms with Crippen molar-refractivity contribution in [3.8, 4) is 5.75 Å². The smallest absolute Gasteiger partial charge is 0.137 e. The van der Waals surface area contributed by atoms with Crippen LogP contribution in [-0.2, 0) is 0 Å². The van der Waals surface area contributed by atoms with Crippen molar-refractivity contribution >= 4 is 11.6 Å². The second kappa shape index (κ2) is 6.87. The van der Waals surface area contributed by atoms with Crippen LogP contribution >= 0.6 is 11.6 Å². The molecule has 17 heavy (non-hydrogen) atoms. The van der Waals surface area contributed by atoms with Gasteiger partial charge in [0.15, 0.2) is 0 Å². The summed E-state index contributed by atoms with van der Waals surface area (Å²) in [7, 11) is 0. The third-order valence-electron chi connectivity index (χ3n) is 2.74. The van der Waals surface area contributed by atoms with Crippen LogP contribution in [0.4, 0.5) is 0 Å². The van der Waals surface area contributed by atoms with E-state index in [0.29, 0.717) is 23.3 Å². The Morgan fingerprint density at radius 2 is 2.06 bits per heavy atom. The van der Waals surface area contributed by atoms with Crippen LogP contribution in [-0.4, -0.2) is 11.7 Å². The van der Waals surface area contributed by atoms with Crippen LogP contribution in [0.3, 0.4) is 0 Å². The van der Waals surface area contributed by atoms with E-state index in [1.807, 2.05) is 12.1 Å². The minimum absolute atomic E-state index is 0.499. The molecular weight excluding hydrogens is 236 g/mol. The van der Waals surface area contributed by atoms with E-state index in [1.165, 1.54) is 6.42 Å². The standard InChI is InChI=1S/C14H21ClO2/c1-4-5-10(2)9-17-14-7-6-12(11(3)16)8-13(14)15/h6-8,10-11,16H,4-5,9H2,1-3H3/t10?,11-/m1/s1. The third-order valence-corrected chi connectivity index (χ3v) is 3.04. The molecule has 0 saturated carbocycles. The predicted molar refractivity (Wildman–Crippen MR) is 71.7 cm³/mol. The van der Waals surface area contributed by atoms with Crippen LogP contribution in [0.15, 0.2) is 18.2 Å². The van der Waals surface area contributed by atoms with Crippen molar-refractivity contribution in [3.05, 3.63) is 28.8 Å². The summed E-state index contributed by atoms with van der Waals surface area (Å²) in [6, 6.07) is 5.42. The maximum atomic E-state index is 9.43. The SMILES string of the molecule is CCCC(C)COc1ccc([C@@H](C)O)cc1Cl. The molecule has 3 heteroatoms. The van der Waals surface area contributed by atoms with Gasteiger partial charge in [-0.1, -0.05) is 37.9 Å². The van der Waals surface area contributed by atoms with Crippen molar-refractivity contribution < 1.29 is 9.84 Å². The van der Waals surface area contributed by atoms with Gasteiger partial charge < -0.3 is 9.84 Å². The lowest BCUT2D eigenvalue weighted by molar-refractivity contribution is 0.199. The molecule has 0 bridgehead atoms. The fourth-order valence-corrected chi connectivity index (χ4v) is 1.95. The molecule has 0 saturated heterocycles. The molecule has 0 aliphatic heterocycles. The lowest BCUT2D eigenvalue weighted by Crippen LogP contribution is -2.08. The van der Waals surface area contributed by atoms with Crippen LogP contribution in [0.1, 0.15) is 45.3 Å². The highest BCUT2D eigenvalue weighted by Crippen LogP contribution is 2.28. The Labute approximate surface area is 109 Å². The van der Waals surface area contributed by atoms with Crippen LogP contribution in [0.25, 0.3) is 0 Å². The first-order valence-corrected chi connectivity index (χ1v) is 6.52. The first-order chi connectivity index (χ1) is 8.04. The number of rotatable bonds is 6. The molecule has 1 N–H and O–H groups in total. The summed E-state index contributed by atoms with van der Waals surface area (Å²) < 4.78 is 5.67. The molecule has 0 fully saturated rings. The van der Waals surface area contributed by atoms with Gasteiger partial charge in [0.05, 0.1) is 17.7 Å². The molecule has 1 aromatic carbocycles. The highest BCUT2D eigenvalue weighted by Gasteiger charge is 2.08. The molecular formula is C14H21ClO2. The summed E-state index contributed by atoms with van der Waals surface area (Å²) in [5, 5.41) is 9.99. The Morgan fingerprint density at radius 1 is 1.35 bits per heavy atom. The summed E-state index contributed by atoms with van der Waals surface area (Å²) in [6.45, 7) is 6.74. The lowest BCUT2D eigenvalue weighted by Gasteiger charge is -2.14. The topological polar surface area (TPSA) is 29.5 Å². The molecule has 0 aromatic heterocycles. The van der Waals surface area contributed by atoms with Crippen LogP contribution < -0.4 is 4.74 Å². The average Bonchev–Trinajstić information content (AvgIpc) is 2.27. The van der Waals surface area contributed by atoms with Gasteiger partial charge in [0.2, 0.25) is 0 Å². The number of aliphatic hydroxyl groups excluding tert-OH is 1. The monoisotopic (exact) mass is 256 g/mol. The molecule has 96 valence electrons. The summed E-state index contributed by atoms with van der Waals surface area (Å²) in [6.07, 6.45) is 1.82. The second-order valence-corrected chi connectivity index (χ2v) is 4.98. The van der Waals surface area contributed by atoms with E-state index < -0.39 is 6.10 Å². The van der Waals surface area contributed by atoms with Crippen molar-refractivity contribution in [1.29, 1.82) is 0 Å². The fraction of sp³-hybridized carbons (Fsp3) is 0.571. The van der Waals surface area contributed by atoms with Gasteiger partial charge in [-0.15, -0.1) is 0 Å². The van der Waals surface area contributed by atoms with Crippen molar-refractivity contribution in [2.24, 2.45) is 5.92 Å². The van der Waals surface area contributed by atoms with Gasteiger partial charge in [-0.3, -0.25) is 0 Å². The Hall–Kier alpha value is -0.730. The highest BCUT2D eigenvalue weighted by molar-refractivity contribution is 6.32. The van der Waals surface area contributed by atoms with Gasteiger partial charge in [-0.2, -0.15) is 0 Å². The zero-order valence-electron chi connectivity index (χ0n) is 10.7. The Kier molecular flexibility index (Phi) is 5.79. The predicted octanol–water partition coefficient (Wildman–Crippen LogP) is 4.21. The van der Waals surface area contributed by atoms with Crippen LogP contribution in [0, 0.1) is 5.92 Å². The first kappa shape index (κ1) is 14.3. The number of ether oxygens (including phenoxy) is 1. The highest BCUT2D eigenvalue weighted by atomic mass is 35.5. The summed E-state index contributed by atoms with van der Waals surface area (Å²) in [5.74, 6) is 1.23. The summed E-state index contributed by atoms with van der Waals surface area (Å²) in [5.41, 5.74) is 0.809. The maximum absolute atomic E-state index is 9.43. The van der Waals surface area contributed by atoms with Gasteiger partial charge in [-0.05, 0) is 37.0 Å². The van der Waals surface area contributed by atoms with E-state index in [9.17, 15) is 5.11 Å². The van der Waals surface area contributed by atoms with Crippen molar-refractivity contribution in [2.45, 2.75) is 39.7 Å². The Balaban J connectivity index is 2.60. The molecule has 0 spiro atoms. The molecule has 1 rings (SSSR count). The van der Waals surface area contributed by atoms with Gasteiger partial charge in [0, 0.05) is 0 Å². The molecule has 1 unspecified atom stereocenters. The van der Waals surface area contributed by atoms with Crippen molar-refractivity contribution in [3.63, 3.8) is 0 Å². The molecule has 0 radical (unpaired) electrons. The van der Waals surface area contributed by atoms with Crippen LogP contribution in [0.2, 0.25) is 5.02 Å². The van der Waals surface area contributed by atoms with E-state index in [-0.39, 0.29) is 0 Å². The minimum Gasteiger partial charge on any atom is -0.492 e. The van der Waals surface area contributed by atoms with Gasteiger partial charge in [0.25, 0.3) is 0 Å². The molecule has 0 aliphatic rings. The quantitative estimate of drug-likeness (QED) is 0.826. The van der Waals surface area contributed by atoms with Crippen molar-refractivity contribution in [1.82, 2.24) is 0 Å². The fourth-order valence-electron chi connectivity index (χ4n) is 1.70. The van der Waals surface area contributed by atoms with E-state index >= 15 is 0 Å². The Bertz CT molecular complexity index is 350. The minimum atomic E-state index is -0.499. The number of hydrogen-bond donors (Lipinski definition) is 1. The lowest BCUT2D eigenvalue weighted by atomic mass is 10.1. The second-order valence-electron chi connectivity index (χ2n) is 4.57. The molecule has 2 atom stereocenters. The van der Waals surface area contributed by atoms with E-state index in [4.69, 9.17) is 16.3 Å². The van der Waals surface area contributed by atoms with E-state index in [0.717, 1.165) is 12.0 Å².